The lowest BCUT2D eigenvalue weighted by molar-refractivity contribution is 0.0219. The van der Waals surface area contributed by atoms with Crippen molar-refractivity contribution in [1.29, 1.82) is 0 Å². The number of hydrogen-bond donors (Lipinski definition) is 1. The lowest BCUT2D eigenvalue weighted by Gasteiger charge is -2.26. The molecule has 0 aromatic carbocycles. The van der Waals surface area contributed by atoms with Crippen molar-refractivity contribution < 1.29 is 4.74 Å². The van der Waals surface area contributed by atoms with E-state index in [2.05, 4.69) is 10.2 Å². The first-order valence-electron chi connectivity index (χ1n) is 4.72. The van der Waals surface area contributed by atoms with Gasteiger partial charge in [0.05, 0.1) is 19.9 Å². The van der Waals surface area contributed by atoms with Crippen LogP contribution in [0.2, 0.25) is 0 Å². The number of H-pyrrole nitrogens is 1. The predicted molar refractivity (Wildman–Crippen MR) is 51.5 cm³/mol. The van der Waals surface area contributed by atoms with Crippen molar-refractivity contribution in [2.45, 2.75) is 6.67 Å². The summed E-state index contributed by atoms with van der Waals surface area (Å²) in [5.41, 5.74) is -0.862. The minimum absolute atomic E-state index is 0.292. The molecule has 0 aliphatic carbocycles. The molecule has 1 saturated heterocycles. The third-order valence-electron chi connectivity index (χ3n) is 2.29. The Morgan fingerprint density at radius 3 is 2.80 bits per heavy atom. The molecule has 15 heavy (non-hydrogen) atoms. The first kappa shape index (κ1) is 10.1. The van der Waals surface area contributed by atoms with Gasteiger partial charge < -0.3 is 4.74 Å². The Balaban J connectivity index is 2.16. The molecule has 0 unspecified atom stereocenters. The van der Waals surface area contributed by atoms with Gasteiger partial charge in [-0.2, -0.15) is 5.10 Å². The summed E-state index contributed by atoms with van der Waals surface area (Å²) in [5, 5.41) is 5.65. The molecule has 0 atom stereocenters. The predicted octanol–water partition coefficient (Wildman–Crippen LogP) is -1.78. The lowest BCUT2D eigenvalue weighted by Crippen LogP contribution is -2.45. The topological polar surface area (TPSA) is 80.2 Å². The number of hydrogen-bond acceptors (Lipinski definition) is 5. The van der Waals surface area contributed by atoms with Gasteiger partial charge in [0, 0.05) is 13.1 Å². The van der Waals surface area contributed by atoms with E-state index in [-0.39, 0.29) is 5.56 Å². The number of aromatic amines is 1. The van der Waals surface area contributed by atoms with E-state index in [0.29, 0.717) is 19.9 Å². The summed E-state index contributed by atoms with van der Waals surface area (Å²) in [6.07, 6.45) is 1.10. The largest absolute Gasteiger partial charge is 0.379 e. The third-order valence-corrected chi connectivity index (χ3v) is 2.29. The second-order valence-corrected chi connectivity index (χ2v) is 3.31. The lowest BCUT2D eigenvalue weighted by atomic mass is 10.4. The quantitative estimate of drug-likeness (QED) is 0.627. The van der Waals surface area contributed by atoms with Gasteiger partial charge in [-0.05, 0) is 0 Å². The van der Waals surface area contributed by atoms with Gasteiger partial charge in [-0.1, -0.05) is 0 Å². The number of rotatable bonds is 2. The van der Waals surface area contributed by atoms with Crippen LogP contribution in [-0.4, -0.2) is 46.0 Å². The van der Waals surface area contributed by atoms with Crippen molar-refractivity contribution in [1.82, 2.24) is 19.7 Å². The third kappa shape index (κ3) is 2.31. The van der Waals surface area contributed by atoms with Crippen LogP contribution >= 0.6 is 0 Å². The van der Waals surface area contributed by atoms with E-state index in [1.807, 2.05) is 4.90 Å². The van der Waals surface area contributed by atoms with Gasteiger partial charge in [0.25, 0.3) is 5.56 Å². The molecule has 1 aliphatic rings. The first-order chi connectivity index (χ1) is 7.27. The summed E-state index contributed by atoms with van der Waals surface area (Å²) in [6.45, 7) is 3.03. The molecule has 1 aliphatic heterocycles. The summed E-state index contributed by atoms with van der Waals surface area (Å²) < 4.78 is 6.29. The minimum Gasteiger partial charge on any atom is -0.379 e. The highest BCUT2D eigenvalue weighted by atomic mass is 16.5. The van der Waals surface area contributed by atoms with Crippen LogP contribution in [0.3, 0.4) is 0 Å². The molecule has 1 N–H and O–H groups in total. The van der Waals surface area contributed by atoms with Crippen LogP contribution in [0.1, 0.15) is 0 Å². The molecule has 0 saturated carbocycles. The van der Waals surface area contributed by atoms with Crippen LogP contribution in [0.15, 0.2) is 15.8 Å². The van der Waals surface area contributed by atoms with Crippen molar-refractivity contribution >= 4 is 0 Å². The Morgan fingerprint density at radius 1 is 1.40 bits per heavy atom. The fourth-order valence-electron chi connectivity index (χ4n) is 1.45. The fourth-order valence-corrected chi connectivity index (χ4v) is 1.45. The second kappa shape index (κ2) is 4.37. The summed E-state index contributed by atoms with van der Waals surface area (Å²) in [7, 11) is 0. The van der Waals surface area contributed by atoms with E-state index in [1.54, 1.807) is 0 Å². The van der Waals surface area contributed by atoms with Gasteiger partial charge >= 0.3 is 5.69 Å². The molecular weight excluding hydrogens is 200 g/mol. The van der Waals surface area contributed by atoms with Crippen LogP contribution in [0.4, 0.5) is 0 Å². The highest BCUT2D eigenvalue weighted by Crippen LogP contribution is 1.96. The number of aromatic nitrogens is 3. The number of nitrogens with one attached hydrogen (secondary N) is 1. The summed E-state index contributed by atoms with van der Waals surface area (Å²) in [6, 6.07) is 0. The molecule has 7 nitrogen and oxygen atoms in total. The standard InChI is InChI=1S/C8H12N4O3/c13-7-5-9-10-8(14)12(7)6-11-1-3-15-4-2-11/h5H,1-4,6H2,(H,10,14). The fraction of sp³-hybridized carbons (Fsp3) is 0.625. The Labute approximate surface area is 85.3 Å². The van der Waals surface area contributed by atoms with Crippen molar-refractivity contribution in [2.75, 3.05) is 26.3 Å². The van der Waals surface area contributed by atoms with Crippen LogP contribution in [0, 0.1) is 0 Å². The molecule has 82 valence electrons. The van der Waals surface area contributed by atoms with Crippen molar-refractivity contribution in [3.63, 3.8) is 0 Å². The number of ether oxygens (including phenoxy) is 1. The maximum absolute atomic E-state index is 11.3. The van der Waals surface area contributed by atoms with E-state index in [9.17, 15) is 9.59 Å². The zero-order valence-electron chi connectivity index (χ0n) is 8.18. The van der Waals surface area contributed by atoms with Crippen LogP contribution in [0.5, 0.6) is 0 Å². The average molecular weight is 212 g/mol. The highest BCUT2D eigenvalue weighted by molar-refractivity contribution is 4.74. The smallest absolute Gasteiger partial charge is 0.345 e. The number of morpholine rings is 1. The molecule has 0 bridgehead atoms. The Kier molecular flexibility index (Phi) is 2.93. The molecule has 1 aromatic rings. The van der Waals surface area contributed by atoms with Crippen LogP contribution in [-0.2, 0) is 11.4 Å². The SMILES string of the molecule is O=c1cn[nH]c(=O)n1CN1CCOCC1. The molecular formula is C8H12N4O3. The van der Waals surface area contributed by atoms with Gasteiger partial charge in [-0.25, -0.2) is 14.5 Å². The summed E-state index contributed by atoms with van der Waals surface area (Å²) in [5.74, 6) is 0. The molecule has 2 heterocycles. The average Bonchev–Trinajstić information content (AvgIpc) is 2.25. The molecule has 0 amide bonds. The van der Waals surface area contributed by atoms with Gasteiger partial charge in [0.15, 0.2) is 0 Å². The van der Waals surface area contributed by atoms with Crippen LogP contribution < -0.4 is 11.2 Å². The van der Waals surface area contributed by atoms with E-state index in [0.717, 1.165) is 23.9 Å². The molecule has 0 spiro atoms. The van der Waals surface area contributed by atoms with Gasteiger partial charge in [-0.3, -0.25) is 9.69 Å². The maximum Gasteiger partial charge on any atom is 0.345 e. The molecule has 1 fully saturated rings. The normalized spacial score (nSPS) is 17.9. The second-order valence-electron chi connectivity index (χ2n) is 3.31. The number of nitrogens with zero attached hydrogens (tertiary/aromatic N) is 3. The molecule has 1 aromatic heterocycles. The van der Waals surface area contributed by atoms with E-state index < -0.39 is 5.69 Å². The Hall–Kier alpha value is -1.47. The van der Waals surface area contributed by atoms with Gasteiger partial charge in [-0.15, -0.1) is 0 Å². The van der Waals surface area contributed by atoms with E-state index in [1.165, 1.54) is 0 Å². The monoisotopic (exact) mass is 212 g/mol. The molecule has 2 rings (SSSR count). The first-order valence-corrected chi connectivity index (χ1v) is 4.72. The van der Waals surface area contributed by atoms with Crippen molar-refractivity contribution in [3.8, 4) is 0 Å². The Morgan fingerprint density at radius 2 is 2.13 bits per heavy atom. The zero-order chi connectivity index (χ0) is 10.7. The van der Waals surface area contributed by atoms with Crippen molar-refractivity contribution in [3.05, 3.63) is 27.0 Å². The zero-order valence-corrected chi connectivity index (χ0v) is 8.18. The molecule has 0 radical (unpaired) electrons. The van der Waals surface area contributed by atoms with Crippen molar-refractivity contribution in [2.24, 2.45) is 0 Å². The Bertz CT molecular complexity index is 404. The van der Waals surface area contributed by atoms with Gasteiger partial charge in [0.1, 0.15) is 6.20 Å². The van der Waals surface area contributed by atoms with E-state index >= 15 is 0 Å². The van der Waals surface area contributed by atoms with E-state index in [4.69, 9.17) is 4.74 Å². The minimum atomic E-state index is -0.478. The highest BCUT2D eigenvalue weighted by Gasteiger charge is 2.12. The molecule has 7 heteroatoms. The summed E-state index contributed by atoms with van der Waals surface area (Å²) in [4.78, 5) is 24.6. The van der Waals surface area contributed by atoms with Crippen LogP contribution in [0.25, 0.3) is 0 Å². The van der Waals surface area contributed by atoms with Gasteiger partial charge in [0.2, 0.25) is 0 Å². The maximum atomic E-state index is 11.3. The summed E-state index contributed by atoms with van der Waals surface area (Å²) >= 11 is 0.